The highest BCUT2D eigenvalue weighted by molar-refractivity contribution is 5.51. The van der Waals surface area contributed by atoms with E-state index in [0.717, 1.165) is 35.4 Å². The Hall–Kier alpha value is -2.79. The van der Waals surface area contributed by atoms with Gasteiger partial charge in [-0.05, 0) is 42.2 Å². The van der Waals surface area contributed by atoms with Gasteiger partial charge in [-0.2, -0.15) is 5.26 Å². The SMILES string of the molecule is C=C(/C=C/c1ccccc1)NCCc1ccc(C#N)c(C)c1. The second-order valence-electron chi connectivity index (χ2n) is 5.21. The van der Waals surface area contributed by atoms with E-state index < -0.39 is 0 Å². The molecule has 110 valence electrons. The van der Waals surface area contributed by atoms with Crippen molar-refractivity contribution in [2.75, 3.05) is 6.54 Å². The Balaban J connectivity index is 1.81. The van der Waals surface area contributed by atoms with Gasteiger partial charge in [-0.15, -0.1) is 0 Å². The fourth-order valence-electron chi connectivity index (χ4n) is 2.19. The second kappa shape index (κ2) is 7.85. The molecule has 0 aliphatic heterocycles. The summed E-state index contributed by atoms with van der Waals surface area (Å²) < 4.78 is 0. The lowest BCUT2D eigenvalue weighted by Crippen LogP contribution is -2.14. The Kier molecular flexibility index (Phi) is 5.57. The Morgan fingerprint density at radius 1 is 1.23 bits per heavy atom. The van der Waals surface area contributed by atoms with Gasteiger partial charge in [0.25, 0.3) is 0 Å². The molecule has 0 atom stereocenters. The highest BCUT2D eigenvalue weighted by atomic mass is 14.9. The fraction of sp³-hybridized carbons (Fsp3) is 0.150. The van der Waals surface area contributed by atoms with Crippen LogP contribution in [0.3, 0.4) is 0 Å². The number of nitrogens with one attached hydrogen (secondary N) is 1. The zero-order chi connectivity index (χ0) is 15.8. The first-order chi connectivity index (χ1) is 10.7. The van der Waals surface area contributed by atoms with Gasteiger partial charge in [-0.3, -0.25) is 0 Å². The summed E-state index contributed by atoms with van der Waals surface area (Å²) in [5.41, 5.74) is 5.06. The maximum Gasteiger partial charge on any atom is 0.0994 e. The standard InChI is InChI=1S/C20H20N2/c1-16-14-19(10-11-20(16)15-21)12-13-22-17(2)8-9-18-6-4-3-5-7-18/h3-11,14,22H,2,12-13H2,1H3/b9-8+. The molecule has 0 fully saturated rings. The molecule has 0 unspecified atom stereocenters. The number of allylic oxidation sites excluding steroid dienone is 1. The van der Waals surface area contributed by atoms with Gasteiger partial charge in [-0.25, -0.2) is 0 Å². The third-order valence-electron chi connectivity index (χ3n) is 3.45. The van der Waals surface area contributed by atoms with Crippen molar-refractivity contribution in [1.82, 2.24) is 5.32 Å². The molecule has 0 radical (unpaired) electrons. The minimum absolute atomic E-state index is 0.743. The molecule has 0 amide bonds. The first-order valence-electron chi connectivity index (χ1n) is 7.34. The van der Waals surface area contributed by atoms with Crippen molar-refractivity contribution in [3.63, 3.8) is 0 Å². The minimum Gasteiger partial charge on any atom is -0.385 e. The summed E-state index contributed by atoms with van der Waals surface area (Å²) in [6, 6.07) is 18.3. The molecule has 2 nitrogen and oxygen atoms in total. The van der Waals surface area contributed by atoms with Crippen molar-refractivity contribution in [1.29, 1.82) is 5.26 Å². The van der Waals surface area contributed by atoms with Gasteiger partial charge in [0.2, 0.25) is 0 Å². The number of benzene rings is 2. The average molecular weight is 288 g/mol. The van der Waals surface area contributed by atoms with Crippen molar-refractivity contribution < 1.29 is 0 Å². The smallest absolute Gasteiger partial charge is 0.0994 e. The van der Waals surface area contributed by atoms with Crippen LogP contribution in [0.5, 0.6) is 0 Å². The first-order valence-corrected chi connectivity index (χ1v) is 7.34. The van der Waals surface area contributed by atoms with E-state index in [0.29, 0.717) is 0 Å². The number of hydrogen-bond donors (Lipinski definition) is 1. The van der Waals surface area contributed by atoms with Gasteiger partial charge in [0.15, 0.2) is 0 Å². The second-order valence-corrected chi connectivity index (χ2v) is 5.21. The molecule has 0 spiro atoms. The molecule has 0 saturated heterocycles. The van der Waals surface area contributed by atoms with Gasteiger partial charge in [-0.1, -0.05) is 55.1 Å². The molecule has 2 heteroatoms. The molecule has 2 aromatic carbocycles. The summed E-state index contributed by atoms with van der Waals surface area (Å²) in [5.74, 6) is 0. The van der Waals surface area contributed by atoms with Gasteiger partial charge in [0.1, 0.15) is 0 Å². The predicted molar refractivity (Wildman–Crippen MR) is 92.2 cm³/mol. The number of aryl methyl sites for hydroxylation is 1. The van der Waals surface area contributed by atoms with E-state index in [1.807, 2.05) is 49.4 Å². The number of nitrogens with zero attached hydrogens (tertiary/aromatic N) is 1. The zero-order valence-corrected chi connectivity index (χ0v) is 12.8. The van der Waals surface area contributed by atoms with Crippen molar-refractivity contribution in [3.05, 3.63) is 89.1 Å². The van der Waals surface area contributed by atoms with Crippen LogP contribution in [0.1, 0.15) is 22.3 Å². The van der Waals surface area contributed by atoms with Crippen LogP contribution in [-0.2, 0) is 6.42 Å². The molecule has 2 rings (SSSR count). The van der Waals surface area contributed by atoms with E-state index in [9.17, 15) is 0 Å². The van der Waals surface area contributed by atoms with Crippen LogP contribution in [0, 0.1) is 18.3 Å². The van der Waals surface area contributed by atoms with Crippen LogP contribution < -0.4 is 5.32 Å². The minimum atomic E-state index is 0.743. The lowest BCUT2D eigenvalue weighted by molar-refractivity contribution is 0.807. The highest BCUT2D eigenvalue weighted by Crippen LogP contribution is 2.10. The van der Waals surface area contributed by atoms with Crippen molar-refractivity contribution in [2.24, 2.45) is 0 Å². The zero-order valence-electron chi connectivity index (χ0n) is 12.8. The summed E-state index contributed by atoms with van der Waals surface area (Å²) in [6.45, 7) is 6.80. The third kappa shape index (κ3) is 4.64. The van der Waals surface area contributed by atoms with Crippen LogP contribution in [-0.4, -0.2) is 6.54 Å². The van der Waals surface area contributed by atoms with E-state index in [1.165, 1.54) is 5.56 Å². The Morgan fingerprint density at radius 2 is 2.00 bits per heavy atom. The van der Waals surface area contributed by atoms with Crippen LogP contribution in [0.15, 0.2) is 66.9 Å². The number of hydrogen-bond acceptors (Lipinski definition) is 2. The van der Waals surface area contributed by atoms with Gasteiger partial charge >= 0.3 is 0 Å². The van der Waals surface area contributed by atoms with Crippen LogP contribution in [0.2, 0.25) is 0 Å². The van der Waals surface area contributed by atoms with E-state index in [-0.39, 0.29) is 0 Å². The highest BCUT2D eigenvalue weighted by Gasteiger charge is 1.99. The first kappa shape index (κ1) is 15.6. The number of rotatable bonds is 6. The predicted octanol–water partition coefficient (Wildman–Crippen LogP) is 4.23. The van der Waals surface area contributed by atoms with Gasteiger partial charge in [0.05, 0.1) is 11.6 Å². The van der Waals surface area contributed by atoms with E-state index in [2.05, 4.69) is 36.2 Å². The maximum absolute atomic E-state index is 8.93. The molecule has 0 aliphatic rings. The van der Waals surface area contributed by atoms with Crippen molar-refractivity contribution in [2.45, 2.75) is 13.3 Å². The Bertz CT molecular complexity index is 706. The van der Waals surface area contributed by atoms with Crippen molar-refractivity contribution in [3.8, 4) is 6.07 Å². The summed E-state index contributed by atoms with van der Waals surface area (Å²) in [5, 5.41) is 12.2. The van der Waals surface area contributed by atoms with Gasteiger partial charge in [0, 0.05) is 12.2 Å². The van der Waals surface area contributed by atoms with Crippen LogP contribution in [0.25, 0.3) is 6.08 Å². The largest absolute Gasteiger partial charge is 0.385 e. The summed E-state index contributed by atoms with van der Waals surface area (Å²) in [6.07, 6.45) is 4.94. The molecule has 0 bridgehead atoms. The molecule has 0 saturated carbocycles. The van der Waals surface area contributed by atoms with Crippen LogP contribution in [0.4, 0.5) is 0 Å². The Labute approximate surface area is 132 Å². The van der Waals surface area contributed by atoms with Gasteiger partial charge < -0.3 is 5.32 Å². The molecule has 0 heterocycles. The molecule has 2 aromatic rings. The fourth-order valence-corrected chi connectivity index (χ4v) is 2.19. The van der Waals surface area contributed by atoms with Crippen LogP contribution >= 0.6 is 0 Å². The van der Waals surface area contributed by atoms with E-state index in [4.69, 9.17) is 5.26 Å². The van der Waals surface area contributed by atoms with E-state index in [1.54, 1.807) is 0 Å². The molecule has 1 N–H and O–H groups in total. The normalized spacial score (nSPS) is 10.4. The molecule has 0 aliphatic carbocycles. The number of nitriles is 1. The van der Waals surface area contributed by atoms with E-state index >= 15 is 0 Å². The Morgan fingerprint density at radius 3 is 2.68 bits per heavy atom. The van der Waals surface area contributed by atoms with Crippen molar-refractivity contribution >= 4 is 6.08 Å². The monoisotopic (exact) mass is 288 g/mol. The topological polar surface area (TPSA) is 35.8 Å². The quantitative estimate of drug-likeness (QED) is 0.808. The lowest BCUT2D eigenvalue weighted by Gasteiger charge is -2.07. The summed E-state index contributed by atoms with van der Waals surface area (Å²) >= 11 is 0. The molecule has 0 aromatic heterocycles. The average Bonchev–Trinajstić information content (AvgIpc) is 2.54. The maximum atomic E-state index is 8.93. The molecular weight excluding hydrogens is 268 g/mol. The lowest BCUT2D eigenvalue weighted by atomic mass is 10.0. The summed E-state index contributed by atoms with van der Waals surface area (Å²) in [4.78, 5) is 0. The molecule has 22 heavy (non-hydrogen) atoms. The third-order valence-corrected chi connectivity index (χ3v) is 3.45. The summed E-state index contributed by atoms with van der Waals surface area (Å²) in [7, 11) is 0. The molecular formula is C20H20N2.